The fraction of sp³-hybridized carbons (Fsp3) is 0.318. The van der Waals surface area contributed by atoms with Crippen molar-refractivity contribution < 1.29 is 4.79 Å². The van der Waals surface area contributed by atoms with Gasteiger partial charge in [0, 0.05) is 17.8 Å². The third-order valence-corrected chi connectivity index (χ3v) is 6.79. The monoisotopic (exact) mass is 434 g/mol. The first-order chi connectivity index (χ1) is 15.0. The van der Waals surface area contributed by atoms with Crippen LogP contribution in [-0.2, 0) is 6.54 Å². The van der Waals surface area contributed by atoms with Crippen molar-refractivity contribution in [3.05, 3.63) is 56.6 Å². The summed E-state index contributed by atoms with van der Waals surface area (Å²) in [7, 11) is 0. The van der Waals surface area contributed by atoms with Gasteiger partial charge in [-0.05, 0) is 51.3 Å². The highest BCUT2D eigenvalue weighted by molar-refractivity contribution is 7.20. The Labute approximate surface area is 182 Å². The lowest BCUT2D eigenvalue weighted by Gasteiger charge is -2.13. The summed E-state index contributed by atoms with van der Waals surface area (Å²) < 4.78 is 1.50. The van der Waals surface area contributed by atoms with Gasteiger partial charge in [-0.3, -0.25) is 25.0 Å². The van der Waals surface area contributed by atoms with Crippen molar-refractivity contribution in [1.82, 2.24) is 24.9 Å². The number of hydrazine groups is 1. The van der Waals surface area contributed by atoms with Gasteiger partial charge in [-0.2, -0.15) is 0 Å². The van der Waals surface area contributed by atoms with Gasteiger partial charge < -0.3 is 0 Å². The summed E-state index contributed by atoms with van der Waals surface area (Å²) in [6.07, 6.45) is 2.26. The highest BCUT2D eigenvalue weighted by atomic mass is 32.1. The summed E-state index contributed by atoms with van der Waals surface area (Å²) in [5.41, 5.74) is 7.74. The number of aromatic nitrogens is 4. The predicted molar refractivity (Wildman–Crippen MR) is 122 cm³/mol. The summed E-state index contributed by atoms with van der Waals surface area (Å²) in [5.74, 6) is 1.33. The topological polar surface area (TPSA) is 102 Å². The van der Waals surface area contributed by atoms with Crippen molar-refractivity contribution in [2.75, 3.05) is 5.43 Å². The molecule has 1 aliphatic carbocycles. The highest BCUT2D eigenvalue weighted by Crippen LogP contribution is 2.40. The summed E-state index contributed by atoms with van der Waals surface area (Å²) in [4.78, 5) is 41.0. The maximum atomic E-state index is 13.0. The zero-order valence-electron chi connectivity index (χ0n) is 17.5. The van der Waals surface area contributed by atoms with E-state index in [1.54, 1.807) is 12.1 Å². The molecular weight excluding hydrogens is 412 g/mol. The molecule has 1 aromatic carbocycles. The van der Waals surface area contributed by atoms with Gasteiger partial charge >= 0.3 is 0 Å². The van der Waals surface area contributed by atoms with Gasteiger partial charge in [0.15, 0.2) is 0 Å². The molecule has 0 atom stereocenters. The SMILES string of the molecule is CCn1c(NNC(=O)c2sc3nc(C4CC4)nc(C)c3c2C)nc2ccccc2c1=O. The lowest BCUT2D eigenvalue weighted by Crippen LogP contribution is -2.34. The van der Waals surface area contributed by atoms with Gasteiger partial charge in [0.2, 0.25) is 5.95 Å². The van der Waals surface area contributed by atoms with Crippen molar-refractivity contribution in [1.29, 1.82) is 0 Å². The number of hydrogen-bond donors (Lipinski definition) is 2. The van der Waals surface area contributed by atoms with Gasteiger partial charge in [0.05, 0.1) is 21.5 Å². The van der Waals surface area contributed by atoms with E-state index in [0.717, 1.165) is 40.1 Å². The van der Waals surface area contributed by atoms with Crippen LogP contribution in [0.25, 0.3) is 21.1 Å². The van der Waals surface area contributed by atoms with Crippen LogP contribution in [-0.4, -0.2) is 25.4 Å². The second-order valence-corrected chi connectivity index (χ2v) is 8.76. The molecule has 2 N–H and O–H groups in total. The second kappa shape index (κ2) is 7.42. The fourth-order valence-electron chi connectivity index (χ4n) is 3.83. The van der Waals surface area contributed by atoms with Crippen LogP contribution in [0.4, 0.5) is 5.95 Å². The molecule has 3 heterocycles. The summed E-state index contributed by atoms with van der Waals surface area (Å²) >= 11 is 1.36. The van der Waals surface area contributed by atoms with Crippen LogP contribution in [0.1, 0.15) is 52.4 Å². The van der Waals surface area contributed by atoms with Crippen LogP contribution in [0.15, 0.2) is 29.1 Å². The Bertz CT molecular complexity index is 1400. The number of fused-ring (bicyclic) bond motifs is 2. The minimum Gasteiger partial charge on any atom is -0.277 e. The molecule has 9 heteroatoms. The van der Waals surface area contributed by atoms with Gasteiger partial charge in [-0.15, -0.1) is 11.3 Å². The number of aryl methyl sites for hydroxylation is 2. The van der Waals surface area contributed by atoms with Crippen LogP contribution in [0.5, 0.6) is 0 Å². The number of benzene rings is 1. The van der Waals surface area contributed by atoms with Crippen LogP contribution < -0.4 is 16.4 Å². The molecular formula is C22H22N6O2S. The van der Waals surface area contributed by atoms with E-state index in [4.69, 9.17) is 4.98 Å². The largest absolute Gasteiger partial charge is 0.280 e. The molecule has 0 spiro atoms. The average molecular weight is 435 g/mol. The molecule has 1 saturated carbocycles. The number of nitrogens with zero attached hydrogens (tertiary/aromatic N) is 4. The molecule has 4 aromatic rings. The number of amides is 1. The first-order valence-corrected chi connectivity index (χ1v) is 11.1. The van der Waals surface area contributed by atoms with Crippen LogP contribution in [0.3, 0.4) is 0 Å². The van der Waals surface area contributed by atoms with E-state index >= 15 is 0 Å². The van der Waals surface area contributed by atoms with E-state index in [2.05, 4.69) is 20.8 Å². The lowest BCUT2D eigenvalue weighted by atomic mass is 10.1. The first kappa shape index (κ1) is 19.6. The number of anilines is 1. The zero-order chi connectivity index (χ0) is 21.7. The Morgan fingerprint density at radius 1 is 1.19 bits per heavy atom. The Hall–Kier alpha value is -3.33. The molecule has 3 aromatic heterocycles. The second-order valence-electron chi connectivity index (χ2n) is 7.76. The van der Waals surface area contributed by atoms with E-state index in [9.17, 15) is 9.59 Å². The predicted octanol–water partition coefficient (Wildman–Crippen LogP) is 3.67. The van der Waals surface area contributed by atoms with E-state index in [1.807, 2.05) is 32.9 Å². The molecule has 1 fully saturated rings. The quantitative estimate of drug-likeness (QED) is 0.465. The molecule has 0 aliphatic heterocycles. The van der Waals surface area contributed by atoms with Crippen molar-refractivity contribution >= 4 is 44.3 Å². The normalized spacial score (nSPS) is 13.6. The number of thiophene rings is 1. The van der Waals surface area contributed by atoms with Crippen molar-refractivity contribution in [2.24, 2.45) is 0 Å². The van der Waals surface area contributed by atoms with Crippen molar-refractivity contribution in [2.45, 2.75) is 46.1 Å². The van der Waals surface area contributed by atoms with E-state index in [1.165, 1.54) is 15.9 Å². The Balaban J connectivity index is 1.46. The van der Waals surface area contributed by atoms with Crippen LogP contribution in [0.2, 0.25) is 0 Å². The van der Waals surface area contributed by atoms with Gasteiger partial charge in [0.25, 0.3) is 11.5 Å². The number of hydrogen-bond acceptors (Lipinski definition) is 7. The molecule has 0 radical (unpaired) electrons. The molecule has 0 bridgehead atoms. The summed E-state index contributed by atoms with van der Waals surface area (Å²) in [5, 5.41) is 1.48. The maximum Gasteiger partial charge on any atom is 0.280 e. The molecule has 1 aliphatic rings. The van der Waals surface area contributed by atoms with E-state index in [0.29, 0.717) is 34.2 Å². The molecule has 0 unspecified atom stereocenters. The molecule has 158 valence electrons. The van der Waals surface area contributed by atoms with Gasteiger partial charge in [-0.1, -0.05) is 12.1 Å². The lowest BCUT2D eigenvalue weighted by molar-refractivity contribution is 0.0965. The highest BCUT2D eigenvalue weighted by Gasteiger charge is 2.28. The molecule has 0 saturated heterocycles. The first-order valence-electron chi connectivity index (χ1n) is 10.3. The summed E-state index contributed by atoms with van der Waals surface area (Å²) in [6, 6.07) is 7.16. The number of para-hydroxylation sites is 1. The van der Waals surface area contributed by atoms with Gasteiger partial charge in [0.1, 0.15) is 10.7 Å². The molecule has 1 amide bonds. The number of nitrogens with one attached hydrogen (secondary N) is 2. The number of carbonyl (C=O) groups excluding carboxylic acids is 1. The maximum absolute atomic E-state index is 13.0. The fourth-order valence-corrected chi connectivity index (χ4v) is 4.96. The third kappa shape index (κ3) is 3.34. The van der Waals surface area contributed by atoms with Gasteiger partial charge in [-0.25, -0.2) is 15.0 Å². The third-order valence-electron chi connectivity index (χ3n) is 5.60. The van der Waals surface area contributed by atoms with Crippen molar-refractivity contribution in [3.63, 3.8) is 0 Å². The smallest absolute Gasteiger partial charge is 0.277 e. The van der Waals surface area contributed by atoms with Crippen LogP contribution in [0, 0.1) is 13.8 Å². The van der Waals surface area contributed by atoms with E-state index < -0.39 is 0 Å². The van der Waals surface area contributed by atoms with Crippen molar-refractivity contribution in [3.8, 4) is 0 Å². The Morgan fingerprint density at radius 3 is 2.71 bits per heavy atom. The van der Waals surface area contributed by atoms with Crippen LogP contribution >= 0.6 is 11.3 Å². The molecule has 8 nitrogen and oxygen atoms in total. The Morgan fingerprint density at radius 2 is 1.97 bits per heavy atom. The minimum atomic E-state index is -0.294. The number of carbonyl (C=O) groups is 1. The Kier molecular flexibility index (Phi) is 4.70. The number of rotatable bonds is 5. The van der Waals surface area contributed by atoms with E-state index in [-0.39, 0.29) is 11.5 Å². The standard InChI is InChI=1S/C22H22N6O2S/c1-4-28-21(30)14-7-5-6-8-15(14)24-22(28)27-26-19(29)17-11(2)16-12(3)23-18(13-9-10-13)25-20(16)31-17/h5-8,13H,4,9-10H2,1-3H3,(H,24,27)(H,26,29). The average Bonchev–Trinajstić information content (AvgIpc) is 3.55. The minimum absolute atomic E-state index is 0.151. The summed E-state index contributed by atoms with van der Waals surface area (Å²) in [6.45, 7) is 6.17. The zero-order valence-corrected chi connectivity index (χ0v) is 18.3. The molecule has 5 rings (SSSR count). The molecule has 31 heavy (non-hydrogen) atoms.